The predicted octanol–water partition coefficient (Wildman–Crippen LogP) is 1.57. The minimum absolute atomic E-state index is 0.364. The number of aliphatic hydroxyl groups excluding tert-OH is 1. The van der Waals surface area contributed by atoms with E-state index in [1.807, 2.05) is 0 Å². The molecule has 0 aromatic carbocycles. The molecule has 0 radical (unpaired) electrons. The van der Waals surface area contributed by atoms with Gasteiger partial charge in [-0.15, -0.1) is 0 Å². The van der Waals surface area contributed by atoms with Crippen LogP contribution in [-0.4, -0.2) is 60.8 Å². The topological polar surface area (TPSA) is 26.7 Å². The third kappa shape index (κ3) is 3.43. The highest BCUT2D eigenvalue weighted by atomic mass is 16.2. The molecule has 0 amide bonds. The van der Waals surface area contributed by atoms with E-state index in [1.54, 1.807) is 0 Å². The van der Waals surface area contributed by atoms with E-state index in [2.05, 4.69) is 16.7 Å². The Hall–Kier alpha value is -0.120. The number of nitrogens with zero attached hydrogens (tertiary/aromatic N) is 2. The molecule has 100 valence electrons. The van der Waals surface area contributed by atoms with Gasteiger partial charge in [0.25, 0.3) is 0 Å². The highest BCUT2D eigenvalue weighted by Crippen LogP contribution is 2.39. The quantitative estimate of drug-likeness (QED) is 0.652. The van der Waals surface area contributed by atoms with Crippen molar-refractivity contribution in [3.8, 4) is 0 Å². The van der Waals surface area contributed by atoms with Crippen LogP contribution in [0.5, 0.6) is 0 Å². The highest BCUT2D eigenvalue weighted by molar-refractivity contribution is 5.05. The Kier molecular flexibility index (Phi) is 4.83. The fraction of sp³-hybridized carbons (Fsp3) is 1.00. The fourth-order valence-corrected chi connectivity index (χ4v) is 3.36. The molecule has 0 saturated carbocycles. The van der Waals surface area contributed by atoms with Gasteiger partial charge < -0.3 is 14.9 Å². The Morgan fingerprint density at radius 3 is 2.12 bits per heavy atom. The Morgan fingerprint density at radius 1 is 0.882 bits per heavy atom. The van der Waals surface area contributed by atoms with Crippen molar-refractivity contribution in [1.29, 1.82) is 0 Å². The number of aliphatic hydroxyl groups is 1. The predicted molar refractivity (Wildman–Crippen MR) is 71.2 cm³/mol. The van der Waals surface area contributed by atoms with E-state index in [9.17, 15) is 0 Å². The Labute approximate surface area is 106 Å². The second kappa shape index (κ2) is 6.17. The maximum atomic E-state index is 8.68. The summed E-state index contributed by atoms with van der Waals surface area (Å²) < 4.78 is 0. The maximum absolute atomic E-state index is 8.68. The average molecular weight is 240 g/mol. The number of hydrogen-bond acceptors (Lipinski definition) is 3. The minimum Gasteiger partial charge on any atom is -0.396 e. The van der Waals surface area contributed by atoms with E-state index >= 15 is 0 Å². The molecule has 0 atom stereocenters. The van der Waals surface area contributed by atoms with Gasteiger partial charge in [-0.25, -0.2) is 0 Å². The first kappa shape index (κ1) is 13.3. The van der Waals surface area contributed by atoms with Crippen LogP contribution in [0.25, 0.3) is 0 Å². The molecule has 2 rings (SSSR count). The lowest BCUT2D eigenvalue weighted by atomic mass is 9.73. The van der Waals surface area contributed by atoms with Crippen molar-refractivity contribution < 1.29 is 5.11 Å². The first-order valence-electron chi connectivity index (χ1n) is 7.33. The van der Waals surface area contributed by atoms with Crippen molar-refractivity contribution in [2.24, 2.45) is 5.41 Å². The molecule has 2 fully saturated rings. The Morgan fingerprint density at radius 2 is 1.47 bits per heavy atom. The summed E-state index contributed by atoms with van der Waals surface area (Å²) in [4.78, 5) is 5.17. The lowest BCUT2D eigenvalue weighted by Crippen LogP contribution is -2.71. The zero-order valence-electron chi connectivity index (χ0n) is 11.3. The van der Waals surface area contributed by atoms with Crippen LogP contribution in [0.4, 0.5) is 0 Å². The van der Waals surface area contributed by atoms with Gasteiger partial charge in [0.15, 0.2) is 0 Å². The van der Waals surface area contributed by atoms with Gasteiger partial charge in [-0.1, -0.05) is 26.2 Å². The van der Waals surface area contributed by atoms with Crippen LogP contribution in [0.2, 0.25) is 0 Å². The molecule has 0 bridgehead atoms. The van der Waals surface area contributed by atoms with E-state index in [-0.39, 0.29) is 0 Å². The van der Waals surface area contributed by atoms with Crippen LogP contribution in [0.1, 0.15) is 39.0 Å². The van der Waals surface area contributed by atoms with Crippen LogP contribution in [-0.2, 0) is 0 Å². The summed E-state index contributed by atoms with van der Waals surface area (Å²) >= 11 is 0. The van der Waals surface area contributed by atoms with Crippen LogP contribution >= 0.6 is 0 Å². The Balaban J connectivity index is 1.43. The van der Waals surface area contributed by atoms with Crippen LogP contribution in [0.3, 0.4) is 0 Å². The van der Waals surface area contributed by atoms with Gasteiger partial charge in [0.2, 0.25) is 0 Å². The van der Waals surface area contributed by atoms with E-state index in [4.69, 9.17) is 5.11 Å². The van der Waals surface area contributed by atoms with Crippen molar-refractivity contribution in [2.75, 3.05) is 45.9 Å². The molecule has 0 unspecified atom stereocenters. The van der Waals surface area contributed by atoms with Crippen molar-refractivity contribution in [1.82, 2.24) is 9.80 Å². The standard InChI is InChI=1S/C14H28N2O/c1-2-15-10-14(11-15)12-16(13-14)8-6-4-3-5-7-9-17/h17H,2-13H2,1H3. The first-order valence-corrected chi connectivity index (χ1v) is 7.33. The lowest BCUT2D eigenvalue weighted by Gasteiger charge is -2.60. The van der Waals surface area contributed by atoms with E-state index in [0.717, 1.165) is 6.42 Å². The van der Waals surface area contributed by atoms with Gasteiger partial charge in [0.05, 0.1) is 0 Å². The highest BCUT2D eigenvalue weighted by Gasteiger charge is 2.50. The van der Waals surface area contributed by atoms with Crippen LogP contribution < -0.4 is 0 Å². The van der Waals surface area contributed by atoms with Crippen molar-refractivity contribution in [3.05, 3.63) is 0 Å². The Bertz CT molecular complexity index is 218. The second-order valence-corrected chi connectivity index (χ2v) is 6.01. The lowest BCUT2D eigenvalue weighted by molar-refractivity contribution is -0.112. The molecule has 0 aliphatic carbocycles. The monoisotopic (exact) mass is 240 g/mol. The first-order chi connectivity index (χ1) is 8.28. The smallest absolute Gasteiger partial charge is 0.0431 e. The molecule has 0 aromatic rings. The third-order valence-electron chi connectivity index (χ3n) is 4.32. The molecule has 2 aliphatic heterocycles. The molecule has 2 saturated heterocycles. The summed E-state index contributed by atoms with van der Waals surface area (Å²) in [6.45, 7) is 10.5. The summed E-state index contributed by atoms with van der Waals surface area (Å²) in [6.07, 6.45) is 6.16. The summed E-state index contributed by atoms with van der Waals surface area (Å²) in [7, 11) is 0. The molecular formula is C14H28N2O. The van der Waals surface area contributed by atoms with Crippen LogP contribution in [0.15, 0.2) is 0 Å². The maximum Gasteiger partial charge on any atom is 0.0431 e. The molecule has 3 heteroatoms. The largest absolute Gasteiger partial charge is 0.396 e. The van der Waals surface area contributed by atoms with Crippen molar-refractivity contribution in [2.45, 2.75) is 39.0 Å². The third-order valence-corrected chi connectivity index (χ3v) is 4.32. The molecule has 3 nitrogen and oxygen atoms in total. The van der Waals surface area contributed by atoms with E-state index in [1.165, 1.54) is 65.0 Å². The second-order valence-electron chi connectivity index (χ2n) is 6.01. The van der Waals surface area contributed by atoms with Gasteiger partial charge in [-0.05, 0) is 25.9 Å². The molecule has 2 heterocycles. The van der Waals surface area contributed by atoms with Gasteiger partial charge in [0, 0.05) is 38.2 Å². The fourth-order valence-electron chi connectivity index (χ4n) is 3.36. The van der Waals surface area contributed by atoms with E-state index < -0.39 is 0 Å². The molecule has 1 N–H and O–H groups in total. The molecule has 1 spiro atoms. The average Bonchev–Trinajstić information content (AvgIpc) is 2.23. The summed E-state index contributed by atoms with van der Waals surface area (Å²) in [5.74, 6) is 0. The van der Waals surface area contributed by atoms with Gasteiger partial charge in [-0.3, -0.25) is 0 Å². The molecule has 0 aromatic heterocycles. The summed E-state index contributed by atoms with van der Waals surface area (Å²) in [5.41, 5.74) is 0.701. The number of likely N-dealkylation sites (tertiary alicyclic amines) is 2. The van der Waals surface area contributed by atoms with E-state index in [0.29, 0.717) is 12.0 Å². The summed E-state index contributed by atoms with van der Waals surface area (Å²) in [5, 5.41) is 8.68. The van der Waals surface area contributed by atoms with Gasteiger partial charge >= 0.3 is 0 Å². The van der Waals surface area contributed by atoms with Crippen LogP contribution in [0, 0.1) is 5.41 Å². The van der Waals surface area contributed by atoms with Gasteiger partial charge in [-0.2, -0.15) is 0 Å². The van der Waals surface area contributed by atoms with Crippen molar-refractivity contribution >= 4 is 0 Å². The van der Waals surface area contributed by atoms with Crippen molar-refractivity contribution in [3.63, 3.8) is 0 Å². The summed E-state index contributed by atoms with van der Waals surface area (Å²) in [6, 6.07) is 0. The SMILES string of the molecule is CCN1CC2(C1)CN(CCCCCCCO)C2. The molecule has 17 heavy (non-hydrogen) atoms. The number of rotatable bonds is 8. The molecule has 2 aliphatic rings. The zero-order valence-corrected chi connectivity index (χ0v) is 11.3. The number of hydrogen-bond donors (Lipinski definition) is 1. The molecular weight excluding hydrogens is 212 g/mol. The normalized spacial score (nSPS) is 23.6. The number of unbranched alkanes of at least 4 members (excludes halogenated alkanes) is 4. The zero-order chi connectivity index (χ0) is 12.1. The minimum atomic E-state index is 0.364. The van der Waals surface area contributed by atoms with Gasteiger partial charge in [0.1, 0.15) is 0 Å².